The average Bonchev–Trinajstić information content (AvgIpc) is 2.66. The Morgan fingerprint density at radius 3 is 2.85 bits per heavy atom. The van der Waals surface area contributed by atoms with Crippen LogP contribution in [0.4, 0.5) is 0 Å². The van der Waals surface area contributed by atoms with Crippen molar-refractivity contribution >= 4 is 28.5 Å². The van der Waals surface area contributed by atoms with Gasteiger partial charge in [-0.2, -0.15) is 0 Å². The van der Waals surface area contributed by atoms with Gasteiger partial charge in [-0.15, -0.1) is 0 Å². The molecule has 0 spiro atoms. The van der Waals surface area contributed by atoms with Crippen LogP contribution in [0.5, 0.6) is 0 Å². The summed E-state index contributed by atoms with van der Waals surface area (Å²) >= 11 is 6.03. The Bertz CT molecular complexity index is 1080. The maximum Gasteiger partial charge on any atom is 0.323 e. The maximum atomic E-state index is 12.4. The predicted molar refractivity (Wildman–Crippen MR) is 103 cm³/mol. The highest BCUT2D eigenvalue weighted by Gasteiger charge is 2.32. The molecule has 7 heteroatoms. The van der Waals surface area contributed by atoms with E-state index in [0.717, 1.165) is 11.1 Å². The average molecular weight is 384 g/mol. The molecule has 0 unspecified atom stereocenters. The summed E-state index contributed by atoms with van der Waals surface area (Å²) in [7, 11) is 1.39. The van der Waals surface area contributed by atoms with Gasteiger partial charge in [-0.1, -0.05) is 35.9 Å². The second-order valence-electron chi connectivity index (χ2n) is 6.59. The fourth-order valence-corrected chi connectivity index (χ4v) is 3.71. The van der Waals surface area contributed by atoms with Crippen LogP contribution in [0.25, 0.3) is 10.9 Å². The first-order chi connectivity index (χ1) is 13.0. The molecule has 0 aliphatic carbocycles. The second-order valence-corrected chi connectivity index (χ2v) is 7.03. The number of ether oxygens (including phenoxy) is 1. The lowest BCUT2D eigenvalue weighted by atomic mass is 9.94. The van der Waals surface area contributed by atoms with Crippen LogP contribution in [0.15, 0.2) is 47.3 Å². The Kier molecular flexibility index (Phi) is 4.68. The number of methoxy groups -OCH3 is 1. The molecule has 138 valence electrons. The smallest absolute Gasteiger partial charge is 0.323 e. The molecule has 27 heavy (non-hydrogen) atoms. The lowest BCUT2D eigenvalue weighted by Gasteiger charge is -2.34. The minimum Gasteiger partial charge on any atom is -0.468 e. The third-order valence-corrected chi connectivity index (χ3v) is 5.12. The van der Waals surface area contributed by atoms with Crippen molar-refractivity contribution in [2.45, 2.75) is 25.6 Å². The number of esters is 1. The summed E-state index contributed by atoms with van der Waals surface area (Å²) in [6, 6.07) is 12.6. The Labute approximate surface area is 160 Å². The van der Waals surface area contributed by atoms with E-state index in [1.54, 1.807) is 18.2 Å². The third kappa shape index (κ3) is 3.46. The number of aromatic nitrogens is 2. The molecule has 0 amide bonds. The van der Waals surface area contributed by atoms with E-state index in [1.165, 1.54) is 7.11 Å². The Balaban J connectivity index is 1.70. The van der Waals surface area contributed by atoms with E-state index in [-0.39, 0.29) is 11.5 Å². The van der Waals surface area contributed by atoms with Gasteiger partial charge in [0.05, 0.1) is 24.6 Å². The number of hydrogen-bond donors (Lipinski definition) is 1. The Hall–Kier alpha value is -2.70. The van der Waals surface area contributed by atoms with Crippen LogP contribution in [-0.2, 0) is 29.0 Å². The molecule has 0 bridgehead atoms. The highest BCUT2D eigenvalue weighted by molar-refractivity contribution is 6.31. The van der Waals surface area contributed by atoms with Gasteiger partial charge >= 0.3 is 5.97 Å². The van der Waals surface area contributed by atoms with E-state index in [2.05, 4.69) is 9.97 Å². The number of nitrogens with one attached hydrogen (secondary N) is 1. The molecule has 1 N–H and O–H groups in total. The summed E-state index contributed by atoms with van der Waals surface area (Å²) in [5.74, 6) is 0.193. The molecule has 6 nitrogen and oxygen atoms in total. The van der Waals surface area contributed by atoms with Gasteiger partial charge in [-0.25, -0.2) is 4.98 Å². The van der Waals surface area contributed by atoms with Gasteiger partial charge in [0.25, 0.3) is 5.56 Å². The zero-order chi connectivity index (χ0) is 19.0. The topological polar surface area (TPSA) is 75.3 Å². The summed E-state index contributed by atoms with van der Waals surface area (Å²) in [4.78, 5) is 34.0. The van der Waals surface area contributed by atoms with E-state index in [9.17, 15) is 9.59 Å². The van der Waals surface area contributed by atoms with Crippen LogP contribution < -0.4 is 5.56 Å². The van der Waals surface area contributed by atoms with Gasteiger partial charge < -0.3 is 9.72 Å². The van der Waals surface area contributed by atoms with Gasteiger partial charge in [0.15, 0.2) is 0 Å². The molecule has 0 fully saturated rings. The highest BCUT2D eigenvalue weighted by Crippen LogP contribution is 2.25. The van der Waals surface area contributed by atoms with Crippen LogP contribution in [-0.4, -0.2) is 34.0 Å². The van der Waals surface area contributed by atoms with E-state index in [0.29, 0.717) is 41.3 Å². The van der Waals surface area contributed by atoms with E-state index < -0.39 is 6.04 Å². The molecule has 2 heterocycles. The zero-order valence-electron chi connectivity index (χ0n) is 14.7. The van der Waals surface area contributed by atoms with Gasteiger partial charge in [-0.3, -0.25) is 14.5 Å². The van der Waals surface area contributed by atoms with Crippen LogP contribution in [0.3, 0.4) is 0 Å². The molecule has 1 aliphatic rings. The summed E-state index contributed by atoms with van der Waals surface area (Å²) in [6.45, 7) is 0.902. The number of hydrogen-bond acceptors (Lipinski definition) is 5. The lowest BCUT2D eigenvalue weighted by Crippen LogP contribution is -2.46. The Morgan fingerprint density at radius 2 is 2.07 bits per heavy atom. The lowest BCUT2D eigenvalue weighted by molar-refractivity contribution is -0.148. The molecular formula is C20H18ClN3O3. The van der Waals surface area contributed by atoms with Crippen LogP contribution in [0, 0.1) is 0 Å². The fraction of sp³-hybridized carbons (Fsp3) is 0.250. The van der Waals surface area contributed by atoms with Crippen molar-refractivity contribution in [2.75, 3.05) is 7.11 Å². The van der Waals surface area contributed by atoms with Gasteiger partial charge in [0.2, 0.25) is 0 Å². The van der Waals surface area contributed by atoms with Gasteiger partial charge in [0, 0.05) is 11.6 Å². The van der Waals surface area contributed by atoms with Crippen molar-refractivity contribution in [1.29, 1.82) is 0 Å². The number of nitrogens with zero attached hydrogens (tertiary/aromatic N) is 2. The molecule has 1 atom stereocenters. The van der Waals surface area contributed by atoms with Crippen molar-refractivity contribution in [3.8, 4) is 0 Å². The van der Waals surface area contributed by atoms with E-state index in [1.807, 2.05) is 29.2 Å². The predicted octanol–water partition coefficient (Wildman–Crippen LogP) is 2.68. The number of aromatic amines is 1. The van der Waals surface area contributed by atoms with Crippen molar-refractivity contribution in [2.24, 2.45) is 0 Å². The number of H-pyrrole nitrogens is 1. The molecule has 4 rings (SSSR count). The summed E-state index contributed by atoms with van der Waals surface area (Å²) in [6.07, 6.45) is 0.562. The SMILES string of the molecule is COC(=O)[C@H]1Cc2ccccc2CN1Cc1nc2cc(Cl)ccc2c(=O)[nH]1. The molecule has 2 aromatic carbocycles. The molecule has 1 aliphatic heterocycles. The standard InChI is InChI=1S/C20H18ClN3O3/c1-27-20(26)17-8-12-4-2-3-5-13(12)10-24(17)11-18-22-16-9-14(21)6-7-15(16)19(25)23-18/h2-7,9,17H,8,10-11H2,1H3,(H,22,23,25)/t17-/m1/s1. The zero-order valence-corrected chi connectivity index (χ0v) is 15.5. The van der Waals surface area contributed by atoms with Crippen LogP contribution >= 0.6 is 11.6 Å². The molecular weight excluding hydrogens is 366 g/mol. The van der Waals surface area contributed by atoms with Crippen molar-refractivity contribution in [3.05, 3.63) is 74.8 Å². The van der Waals surface area contributed by atoms with E-state index in [4.69, 9.17) is 16.3 Å². The number of carbonyl (C=O) groups is 1. The summed E-state index contributed by atoms with van der Waals surface area (Å²) < 4.78 is 4.99. The first-order valence-electron chi connectivity index (χ1n) is 8.62. The maximum absolute atomic E-state index is 12.4. The van der Waals surface area contributed by atoms with Crippen molar-refractivity contribution in [3.63, 3.8) is 0 Å². The number of halogens is 1. The first-order valence-corrected chi connectivity index (χ1v) is 9.00. The Morgan fingerprint density at radius 1 is 1.30 bits per heavy atom. The van der Waals surface area contributed by atoms with Crippen LogP contribution in [0.1, 0.15) is 17.0 Å². The highest BCUT2D eigenvalue weighted by atomic mass is 35.5. The molecule has 0 saturated carbocycles. The number of fused-ring (bicyclic) bond motifs is 2. The molecule has 3 aromatic rings. The minimum atomic E-state index is -0.426. The van der Waals surface area contributed by atoms with Crippen LogP contribution in [0.2, 0.25) is 5.02 Å². The normalized spacial score (nSPS) is 16.9. The monoisotopic (exact) mass is 383 g/mol. The third-order valence-electron chi connectivity index (χ3n) is 4.89. The van der Waals surface area contributed by atoms with Gasteiger partial charge in [-0.05, 0) is 35.7 Å². The van der Waals surface area contributed by atoms with Gasteiger partial charge in [0.1, 0.15) is 11.9 Å². The van der Waals surface area contributed by atoms with E-state index >= 15 is 0 Å². The number of carbonyl (C=O) groups excluding carboxylic acids is 1. The second kappa shape index (κ2) is 7.13. The first kappa shape index (κ1) is 17.7. The van der Waals surface area contributed by atoms with Crippen molar-refractivity contribution < 1.29 is 9.53 Å². The minimum absolute atomic E-state index is 0.223. The van der Waals surface area contributed by atoms with Crippen molar-refractivity contribution in [1.82, 2.24) is 14.9 Å². The quantitative estimate of drug-likeness (QED) is 0.704. The molecule has 1 aromatic heterocycles. The number of rotatable bonds is 3. The summed E-state index contributed by atoms with van der Waals surface area (Å²) in [5.41, 5.74) is 2.60. The largest absolute Gasteiger partial charge is 0.468 e. The summed E-state index contributed by atoms with van der Waals surface area (Å²) in [5, 5.41) is 1.00. The molecule has 0 saturated heterocycles. The molecule has 0 radical (unpaired) electrons. The number of benzene rings is 2. The fourth-order valence-electron chi connectivity index (χ4n) is 3.54.